The number of amides is 1. The summed E-state index contributed by atoms with van der Waals surface area (Å²) in [4.78, 5) is 13.2. The molecule has 0 bridgehead atoms. The predicted molar refractivity (Wildman–Crippen MR) is 65.7 cm³/mol. The second kappa shape index (κ2) is 5.69. The number of halogens is 1. The fourth-order valence-electron chi connectivity index (χ4n) is 2.14. The summed E-state index contributed by atoms with van der Waals surface area (Å²) in [6, 6.07) is 0. The molecular weight excluding hydrogens is 221 g/mol. The summed E-state index contributed by atoms with van der Waals surface area (Å²) in [6.45, 7) is 8.32. The van der Waals surface area contributed by atoms with Gasteiger partial charge in [0.25, 0.3) is 0 Å². The second-order valence-corrected chi connectivity index (χ2v) is 5.78. The standard InChI is InChI=1S/C13H24FNO2/c1-5-6-10-7-8-15(9-11(10)14)12(16)17-13(2,3)4/h10-11H,5-9H2,1-4H3. The van der Waals surface area contributed by atoms with Crippen molar-refractivity contribution in [3.05, 3.63) is 0 Å². The van der Waals surface area contributed by atoms with Gasteiger partial charge in [-0.15, -0.1) is 0 Å². The van der Waals surface area contributed by atoms with Crippen LogP contribution in [-0.4, -0.2) is 35.9 Å². The first-order chi connectivity index (χ1) is 7.83. The Morgan fingerprint density at radius 2 is 2.12 bits per heavy atom. The number of carbonyl (C=O) groups excluding carboxylic acids is 1. The van der Waals surface area contributed by atoms with Crippen molar-refractivity contribution in [2.24, 2.45) is 5.92 Å². The zero-order chi connectivity index (χ0) is 13.1. The first kappa shape index (κ1) is 14.3. The quantitative estimate of drug-likeness (QED) is 0.746. The SMILES string of the molecule is CCCC1CCN(C(=O)OC(C)(C)C)CC1F. The molecule has 100 valence electrons. The summed E-state index contributed by atoms with van der Waals surface area (Å²) in [5.74, 6) is 0.110. The van der Waals surface area contributed by atoms with Crippen LogP contribution in [-0.2, 0) is 4.74 Å². The van der Waals surface area contributed by atoms with Crippen LogP contribution in [0.25, 0.3) is 0 Å². The molecule has 0 saturated carbocycles. The van der Waals surface area contributed by atoms with E-state index in [0.29, 0.717) is 6.54 Å². The van der Waals surface area contributed by atoms with Crippen LogP contribution in [0.15, 0.2) is 0 Å². The molecule has 0 aromatic carbocycles. The monoisotopic (exact) mass is 245 g/mol. The van der Waals surface area contributed by atoms with Crippen molar-refractivity contribution in [3.8, 4) is 0 Å². The third-order valence-corrected chi connectivity index (χ3v) is 2.99. The van der Waals surface area contributed by atoms with E-state index in [2.05, 4.69) is 6.92 Å². The van der Waals surface area contributed by atoms with Crippen LogP contribution in [0.4, 0.5) is 9.18 Å². The van der Waals surface area contributed by atoms with E-state index in [4.69, 9.17) is 4.74 Å². The lowest BCUT2D eigenvalue weighted by Crippen LogP contribution is -2.46. The Morgan fingerprint density at radius 1 is 1.47 bits per heavy atom. The maximum atomic E-state index is 13.8. The van der Waals surface area contributed by atoms with E-state index in [9.17, 15) is 9.18 Å². The number of nitrogens with zero attached hydrogens (tertiary/aromatic N) is 1. The summed E-state index contributed by atoms with van der Waals surface area (Å²) >= 11 is 0. The average molecular weight is 245 g/mol. The fourth-order valence-corrected chi connectivity index (χ4v) is 2.14. The molecule has 2 unspecified atom stereocenters. The Balaban J connectivity index is 2.46. The Morgan fingerprint density at radius 3 is 2.59 bits per heavy atom. The topological polar surface area (TPSA) is 29.5 Å². The summed E-state index contributed by atoms with van der Waals surface area (Å²) in [5, 5.41) is 0. The molecule has 1 amide bonds. The van der Waals surface area contributed by atoms with E-state index >= 15 is 0 Å². The van der Waals surface area contributed by atoms with E-state index in [1.165, 1.54) is 4.90 Å². The summed E-state index contributed by atoms with van der Waals surface area (Å²) in [5.41, 5.74) is -0.511. The van der Waals surface area contributed by atoms with Gasteiger partial charge in [0.05, 0.1) is 6.54 Å². The van der Waals surface area contributed by atoms with Gasteiger partial charge in [-0.2, -0.15) is 0 Å². The third kappa shape index (κ3) is 4.52. The molecule has 0 aromatic heterocycles. The Labute approximate surface area is 103 Å². The molecule has 17 heavy (non-hydrogen) atoms. The number of alkyl halides is 1. The number of piperidine rings is 1. The van der Waals surface area contributed by atoms with Crippen molar-refractivity contribution in [3.63, 3.8) is 0 Å². The van der Waals surface area contributed by atoms with Crippen molar-refractivity contribution < 1.29 is 13.9 Å². The zero-order valence-electron chi connectivity index (χ0n) is 11.3. The average Bonchev–Trinajstić information content (AvgIpc) is 2.18. The highest BCUT2D eigenvalue weighted by molar-refractivity contribution is 5.68. The van der Waals surface area contributed by atoms with Gasteiger partial charge in [-0.3, -0.25) is 0 Å². The Hall–Kier alpha value is -0.800. The molecule has 0 spiro atoms. The molecule has 1 saturated heterocycles. The van der Waals surface area contributed by atoms with Crippen molar-refractivity contribution in [1.29, 1.82) is 0 Å². The van der Waals surface area contributed by atoms with E-state index in [0.717, 1.165) is 19.3 Å². The summed E-state index contributed by atoms with van der Waals surface area (Å²) in [7, 11) is 0. The van der Waals surface area contributed by atoms with Gasteiger partial charge in [0, 0.05) is 6.54 Å². The van der Waals surface area contributed by atoms with Crippen LogP contribution >= 0.6 is 0 Å². The second-order valence-electron chi connectivity index (χ2n) is 5.78. The van der Waals surface area contributed by atoms with Gasteiger partial charge in [-0.05, 0) is 39.5 Å². The molecular formula is C13H24FNO2. The highest BCUT2D eigenvalue weighted by atomic mass is 19.1. The number of hydrogen-bond acceptors (Lipinski definition) is 2. The molecule has 0 N–H and O–H groups in total. The van der Waals surface area contributed by atoms with E-state index in [-0.39, 0.29) is 12.5 Å². The maximum Gasteiger partial charge on any atom is 0.410 e. The highest BCUT2D eigenvalue weighted by Crippen LogP contribution is 2.25. The molecule has 2 atom stereocenters. The Bertz CT molecular complexity index is 263. The van der Waals surface area contributed by atoms with Crippen LogP contribution in [0.2, 0.25) is 0 Å². The van der Waals surface area contributed by atoms with Gasteiger partial charge < -0.3 is 9.64 Å². The number of rotatable bonds is 2. The first-order valence-corrected chi connectivity index (χ1v) is 6.45. The zero-order valence-corrected chi connectivity index (χ0v) is 11.3. The molecule has 1 aliphatic rings. The van der Waals surface area contributed by atoms with Gasteiger partial charge in [-0.1, -0.05) is 13.3 Å². The van der Waals surface area contributed by atoms with Crippen LogP contribution in [0.1, 0.15) is 47.0 Å². The molecule has 1 fully saturated rings. The van der Waals surface area contributed by atoms with E-state index < -0.39 is 17.9 Å². The van der Waals surface area contributed by atoms with Gasteiger partial charge in [-0.25, -0.2) is 9.18 Å². The lowest BCUT2D eigenvalue weighted by molar-refractivity contribution is 0.00464. The van der Waals surface area contributed by atoms with E-state index in [1.807, 2.05) is 20.8 Å². The first-order valence-electron chi connectivity index (χ1n) is 6.45. The van der Waals surface area contributed by atoms with Crippen LogP contribution < -0.4 is 0 Å². The number of likely N-dealkylation sites (tertiary alicyclic amines) is 1. The predicted octanol–water partition coefficient (Wildman–Crippen LogP) is 3.38. The normalized spacial score (nSPS) is 25.8. The lowest BCUT2D eigenvalue weighted by atomic mass is 9.91. The molecule has 4 heteroatoms. The minimum absolute atomic E-state index is 0.110. The van der Waals surface area contributed by atoms with E-state index in [1.54, 1.807) is 0 Å². The number of hydrogen-bond donors (Lipinski definition) is 0. The summed E-state index contributed by atoms with van der Waals surface area (Å²) < 4.78 is 19.1. The van der Waals surface area contributed by atoms with Gasteiger partial charge in [0.15, 0.2) is 0 Å². The largest absolute Gasteiger partial charge is 0.444 e. The summed E-state index contributed by atoms with van der Waals surface area (Å²) in [6.07, 6.45) is 1.35. The maximum absolute atomic E-state index is 13.8. The third-order valence-electron chi connectivity index (χ3n) is 2.99. The van der Waals surface area contributed by atoms with Gasteiger partial charge >= 0.3 is 6.09 Å². The van der Waals surface area contributed by atoms with Crippen molar-refractivity contribution >= 4 is 6.09 Å². The molecule has 3 nitrogen and oxygen atoms in total. The molecule has 1 aliphatic heterocycles. The smallest absolute Gasteiger partial charge is 0.410 e. The van der Waals surface area contributed by atoms with Crippen LogP contribution in [0, 0.1) is 5.92 Å². The molecule has 1 rings (SSSR count). The molecule has 0 aliphatic carbocycles. The minimum Gasteiger partial charge on any atom is -0.444 e. The Kier molecular flexibility index (Phi) is 4.78. The van der Waals surface area contributed by atoms with Gasteiger partial charge in [0.2, 0.25) is 0 Å². The highest BCUT2D eigenvalue weighted by Gasteiger charge is 2.32. The van der Waals surface area contributed by atoms with Crippen LogP contribution in [0.5, 0.6) is 0 Å². The number of carbonyl (C=O) groups is 1. The molecule has 0 aromatic rings. The fraction of sp³-hybridized carbons (Fsp3) is 0.923. The van der Waals surface area contributed by atoms with Crippen molar-refractivity contribution in [2.45, 2.75) is 58.7 Å². The number of ether oxygens (including phenoxy) is 1. The molecule has 0 radical (unpaired) electrons. The van der Waals surface area contributed by atoms with Gasteiger partial charge in [0.1, 0.15) is 11.8 Å². The minimum atomic E-state index is -0.906. The lowest BCUT2D eigenvalue weighted by Gasteiger charge is -2.35. The van der Waals surface area contributed by atoms with Crippen LogP contribution in [0.3, 0.4) is 0 Å². The molecule has 1 heterocycles. The van der Waals surface area contributed by atoms with Crippen molar-refractivity contribution in [1.82, 2.24) is 4.90 Å². The van der Waals surface area contributed by atoms with Crippen molar-refractivity contribution in [2.75, 3.05) is 13.1 Å².